The molecule has 2 aromatic rings. The molecule has 0 saturated carbocycles. The minimum atomic E-state index is -0.432. The maximum Gasteiger partial charge on any atom is 0.241 e. The molecule has 2 aliphatic rings. The molecule has 1 spiro atoms. The summed E-state index contributed by atoms with van der Waals surface area (Å²) in [6, 6.07) is 14.5. The standard InChI is InChI=1S/C21H23ClFN3O/c22-18-5-1-17(2-6-18)14-26-15-24-20(27)21(26)9-11-25(12-10-21)13-16-3-7-19(23)8-4-16/h1-8H,9-15H2,(H,24,27). The first-order valence-electron chi connectivity index (χ1n) is 9.30. The van der Waals surface area contributed by atoms with E-state index in [1.165, 1.54) is 12.1 Å². The average molecular weight is 388 g/mol. The fourth-order valence-corrected chi connectivity index (χ4v) is 4.24. The van der Waals surface area contributed by atoms with Crippen LogP contribution in [-0.2, 0) is 17.9 Å². The van der Waals surface area contributed by atoms with Crippen molar-refractivity contribution in [3.8, 4) is 0 Å². The van der Waals surface area contributed by atoms with Crippen molar-refractivity contribution in [3.05, 3.63) is 70.5 Å². The van der Waals surface area contributed by atoms with Gasteiger partial charge >= 0.3 is 0 Å². The molecule has 0 radical (unpaired) electrons. The van der Waals surface area contributed by atoms with E-state index < -0.39 is 5.54 Å². The Labute approximate surface area is 163 Å². The Kier molecular flexibility index (Phi) is 5.17. The first-order valence-corrected chi connectivity index (χ1v) is 9.68. The fraction of sp³-hybridized carbons (Fsp3) is 0.381. The normalized spacial score (nSPS) is 20.1. The van der Waals surface area contributed by atoms with E-state index in [1.807, 2.05) is 36.4 Å². The maximum atomic E-state index is 13.1. The second-order valence-corrected chi connectivity index (χ2v) is 7.86. The highest BCUT2D eigenvalue weighted by Gasteiger charge is 2.49. The minimum Gasteiger partial charge on any atom is -0.342 e. The highest BCUT2D eigenvalue weighted by molar-refractivity contribution is 6.30. The summed E-state index contributed by atoms with van der Waals surface area (Å²) in [6.45, 7) is 3.80. The number of benzene rings is 2. The molecule has 2 heterocycles. The summed E-state index contributed by atoms with van der Waals surface area (Å²) in [7, 11) is 0. The first kappa shape index (κ1) is 18.4. The SMILES string of the molecule is O=C1NCN(Cc2ccc(Cl)cc2)C12CCN(Cc1ccc(F)cc1)CC2. The third-order valence-electron chi connectivity index (χ3n) is 5.75. The van der Waals surface area contributed by atoms with E-state index in [-0.39, 0.29) is 11.7 Å². The Morgan fingerprint density at radius 1 is 0.963 bits per heavy atom. The fourth-order valence-electron chi connectivity index (χ4n) is 4.12. The van der Waals surface area contributed by atoms with Gasteiger partial charge in [0.05, 0.1) is 6.67 Å². The third-order valence-corrected chi connectivity index (χ3v) is 6.00. The Morgan fingerprint density at radius 2 is 1.56 bits per heavy atom. The van der Waals surface area contributed by atoms with Gasteiger partial charge in [0.2, 0.25) is 5.91 Å². The molecule has 0 bridgehead atoms. The van der Waals surface area contributed by atoms with E-state index in [1.54, 1.807) is 0 Å². The molecule has 0 aromatic heterocycles. The van der Waals surface area contributed by atoms with Crippen molar-refractivity contribution in [2.75, 3.05) is 19.8 Å². The maximum absolute atomic E-state index is 13.1. The number of halogens is 2. The van der Waals surface area contributed by atoms with E-state index in [4.69, 9.17) is 11.6 Å². The molecule has 1 amide bonds. The summed E-state index contributed by atoms with van der Waals surface area (Å²) < 4.78 is 13.1. The van der Waals surface area contributed by atoms with Crippen molar-refractivity contribution in [3.63, 3.8) is 0 Å². The van der Waals surface area contributed by atoms with E-state index >= 15 is 0 Å². The molecule has 2 fully saturated rings. The zero-order chi connectivity index (χ0) is 18.9. The second-order valence-electron chi connectivity index (χ2n) is 7.42. The van der Waals surface area contributed by atoms with Crippen molar-refractivity contribution in [2.24, 2.45) is 0 Å². The van der Waals surface area contributed by atoms with Crippen molar-refractivity contribution in [2.45, 2.75) is 31.5 Å². The van der Waals surface area contributed by atoms with Gasteiger partial charge in [-0.05, 0) is 48.2 Å². The summed E-state index contributed by atoms with van der Waals surface area (Å²) in [4.78, 5) is 17.3. The van der Waals surface area contributed by atoms with Crippen molar-refractivity contribution in [1.82, 2.24) is 15.1 Å². The number of amides is 1. The molecule has 27 heavy (non-hydrogen) atoms. The number of likely N-dealkylation sites (tertiary alicyclic amines) is 1. The van der Waals surface area contributed by atoms with Gasteiger partial charge in [-0.15, -0.1) is 0 Å². The Bertz CT molecular complexity index is 801. The molecule has 4 rings (SSSR count). The molecule has 2 aromatic carbocycles. The van der Waals surface area contributed by atoms with Gasteiger partial charge in [-0.25, -0.2) is 4.39 Å². The second kappa shape index (κ2) is 7.58. The largest absolute Gasteiger partial charge is 0.342 e. The molecule has 6 heteroatoms. The van der Waals surface area contributed by atoms with E-state index in [9.17, 15) is 9.18 Å². The van der Waals surface area contributed by atoms with E-state index in [2.05, 4.69) is 15.1 Å². The molecule has 2 aliphatic heterocycles. The van der Waals surface area contributed by atoms with Crippen LogP contribution in [0.1, 0.15) is 24.0 Å². The van der Waals surface area contributed by atoms with Gasteiger partial charge in [-0.2, -0.15) is 0 Å². The topological polar surface area (TPSA) is 35.6 Å². The van der Waals surface area contributed by atoms with Gasteiger partial charge in [-0.3, -0.25) is 14.6 Å². The number of carbonyl (C=O) groups excluding carboxylic acids is 1. The molecule has 4 nitrogen and oxygen atoms in total. The van der Waals surface area contributed by atoms with Crippen LogP contribution in [0.15, 0.2) is 48.5 Å². The number of carbonyl (C=O) groups is 1. The first-order chi connectivity index (χ1) is 13.0. The van der Waals surface area contributed by atoms with Crippen LogP contribution in [0.5, 0.6) is 0 Å². The summed E-state index contributed by atoms with van der Waals surface area (Å²) >= 11 is 5.98. The zero-order valence-electron chi connectivity index (χ0n) is 15.1. The lowest BCUT2D eigenvalue weighted by molar-refractivity contribution is -0.129. The van der Waals surface area contributed by atoms with Crippen LogP contribution in [0.4, 0.5) is 4.39 Å². The smallest absolute Gasteiger partial charge is 0.241 e. The van der Waals surface area contributed by atoms with Crippen LogP contribution in [0, 0.1) is 5.82 Å². The summed E-state index contributed by atoms with van der Waals surface area (Å²) in [5.74, 6) is -0.0743. The number of piperidine rings is 1. The lowest BCUT2D eigenvalue weighted by atomic mass is 9.85. The number of hydrogen-bond donors (Lipinski definition) is 1. The van der Waals surface area contributed by atoms with Crippen LogP contribution in [0.2, 0.25) is 5.02 Å². The third kappa shape index (κ3) is 3.86. The number of rotatable bonds is 4. The Balaban J connectivity index is 1.42. The Hall–Kier alpha value is -1.95. The van der Waals surface area contributed by atoms with E-state index in [0.29, 0.717) is 6.67 Å². The summed E-state index contributed by atoms with van der Waals surface area (Å²) in [5, 5.41) is 3.75. The van der Waals surface area contributed by atoms with Gasteiger partial charge in [0.25, 0.3) is 0 Å². The summed E-state index contributed by atoms with van der Waals surface area (Å²) in [6.07, 6.45) is 1.60. The highest BCUT2D eigenvalue weighted by atomic mass is 35.5. The van der Waals surface area contributed by atoms with Crippen LogP contribution in [0.3, 0.4) is 0 Å². The van der Waals surface area contributed by atoms with Gasteiger partial charge in [0, 0.05) is 31.2 Å². The lowest BCUT2D eigenvalue weighted by Gasteiger charge is -2.42. The molecule has 1 N–H and O–H groups in total. The number of hydrogen-bond acceptors (Lipinski definition) is 3. The molecular formula is C21H23ClFN3O. The number of nitrogens with one attached hydrogen (secondary N) is 1. The highest BCUT2D eigenvalue weighted by Crippen LogP contribution is 2.34. The quantitative estimate of drug-likeness (QED) is 0.873. The van der Waals surface area contributed by atoms with Gasteiger partial charge < -0.3 is 5.32 Å². The molecule has 0 unspecified atom stereocenters. The predicted molar refractivity (Wildman–Crippen MR) is 104 cm³/mol. The minimum absolute atomic E-state index is 0.137. The van der Waals surface area contributed by atoms with Crippen molar-refractivity contribution in [1.29, 1.82) is 0 Å². The monoisotopic (exact) mass is 387 g/mol. The lowest BCUT2D eigenvalue weighted by Crippen LogP contribution is -2.55. The van der Waals surface area contributed by atoms with Gasteiger partial charge in [0.1, 0.15) is 11.4 Å². The van der Waals surface area contributed by atoms with Crippen molar-refractivity contribution < 1.29 is 9.18 Å². The van der Waals surface area contributed by atoms with E-state index in [0.717, 1.165) is 55.2 Å². The molecular weight excluding hydrogens is 365 g/mol. The average Bonchev–Trinajstić information content (AvgIpc) is 2.97. The molecule has 142 valence electrons. The van der Waals surface area contributed by atoms with Crippen molar-refractivity contribution >= 4 is 17.5 Å². The predicted octanol–water partition coefficient (Wildman–Crippen LogP) is 3.40. The summed E-state index contributed by atoms with van der Waals surface area (Å²) in [5.41, 5.74) is 1.82. The Morgan fingerprint density at radius 3 is 2.22 bits per heavy atom. The van der Waals surface area contributed by atoms with Crippen LogP contribution in [-0.4, -0.2) is 41.0 Å². The van der Waals surface area contributed by atoms with Crippen LogP contribution >= 0.6 is 11.6 Å². The molecule has 0 aliphatic carbocycles. The van der Waals surface area contributed by atoms with Gasteiger partial charge in [0.15, 0.2) is 0 Å². The number of nitrogens with zero attached hydrogens (tertiary/aromatic N) is 2. The van der Waals surface area contributed by atoms with Gasteiger partial charge in [-0.1, -0.05) is 35.9 Å². The molecule has 2 saturated heterocycles. The van der Waals surface area contributed by atoms with Crippen LogP contribution < -0.4 is 5.32 Å². The molecule has 0 atom stereocenters. The zero-order valence-corrected chi connectivity index (χ0v) is 15.9. The van der Waals surface area contributed by atoms with Crippen LogP contribution in [0.25, 0.3) is 0 Å².